The molecule has 110 valence electrons. The van der Waals surface area contributed by atoms with Crippen LogP contribution in [0.15, 0.2) is 36.5 Å². The Labute approximate surface area is 118 Å². The number of amides is 1. The van der Waals surface area contributed by atoms with Gasteiger partial charge in [0.1, 0.15) is 0 Å². The summed E-state index contributed by atoms with van der Waals surface area (Å²) in [5, 5.41) is 2.47. The first-order valence-corrected chi connectivity index (χ1v) is 5.98. The van der Waals surface area contributed by atoms with Crippen molar-refractivity contribution >= 4 is 17.3 Å². The summed E-state index contributed by atoms with van der Waals surface area (Å²) in [7, 11) is 0. The van der Waals surface area contributed by atoms with Crippen LogP contribution in [-0.2, 0) is 6.18 Å². The standard InChI is InChI=1S/C14H12F3N3O/c1-8-10(3-2-6-19-8)13(21)20-12-5-4-9(7-11(12)18)14(15,16)17/h2-7H,18H2,1H3,(H,20,21). The van der Waals surface area contributed by atoms with Gasteiger partial charge in [-0.2, -0.15) is 13.2 Å². The van der Waals surface area contributed by atoms with Crippen molar-refractivity contribution < 1.29 is 18.0 Å². The number of carbonyl (C=O) groups is 1. The van der Waals surface area contributed by atoms with E-state index in [0.717, 1.165) is 18.2 Å². The van der Waals surface area contributed by atoms with E-state index in [2.05, 4.69) is 10.3 Å². The van der Waals surface area contributed by atoms with Crippen LogP contribution in [-0.4, -0.2) is 10.9 Å². The number of benzene rings is 1. The summed E-state index contributed by atoms with van der Waals surface area (Å²) in [6.07, 6.45) is -2.94. The van der Waals surface area contributed by atoms with Crippen molar-refractivity contribution in [2.24, 2.45) is 0 Å². The van der Waals surface area contributed by atoms with E-state index in [0.29, 0.717) is 11.3 Å². The molecule has 0 atom stereocenters. The molecule has 21 heavy (non-hydrogen) atoms. The maximum atomic E-state index is 12.5. The topological polar surface area (TPSA) is 68.0 Å². The molecule has 0 saturated heterocycles. The number of nitrogen functional groups attached to an aromatic ring is 1. The molecule has 3 N–H and O–H groups in total. The van der Waals surface area contributed by atoms with E-state index in [1.54, 1.807) is 25.3 Å². The Balaban J connectivity index is 2.25. The number of carbonyl (C=O) groups excluding carboxylic acids is 1. The molecule has 0 aliphatic rings. The van der Waals surface area contributed by atoms with Gasteiger partial charge in [-0.25, -0.2) is 0 Å². The van der Waals surface area contributed by atoms with E-state index in [-0.39, 0.29) is 11.4 Å². The number of hydrogen-bond acceptors (Lipinski definition) is 3. The number of aryl methyl sites for hydroxylation is 1. The zero-order chi connectivity index (χ0) is 15.6. The molecule has 1 aromatic carbocycles. The first-order chi connectivity index (χ1) is 9.79. The van der Waals surface area contributed by atoms with E-state index in [4.69, 9.17) is 5.73 Å². The van der Waals surface area contributed by atoms with Gasteiger partial charge in [-0.1, -0.05) is 0 Å². The SMILES string of the molecule is Cc1ncccc1C(=O)Nc1ccc(C(F)(F)F)cc1N. The average Bonchev–Trinajstić information content (AvgIpc) is 2.40. The molecule has 1 heterocycles. The second-order valence-electron chi connectivity index (χ2n) is 4.39. The number of alkyl halides is 3. The molecule has 1 amide bonds. The maximum absolute atomic E-state index is 12.5. The van der Waals surface area contributed by atoms with Crippen LogP contribution in [0.5, 0.6) is 0 Å². The lowest BCUT2D eigenvalue weighted by atomic mass is 10.1. The normalized spacial score (nSPS) is 11.2. The highest BCUT2D eigenvalue weighted by molar-refractivity contribution is 6.06. The molecule has 0 aliphatic carbocycles. The molecule has 2 aromatic rings. The summed E-state index contributed by atoms with van der Waals surface area (Å²) in [5.41, 5.74) is 5.50. The monoisotopic (exact) mass is 295 g/mol. The molecule has 0 spiro atoms. The largest absolute Gasteiger partial charge is 0.416 e. The molecule has 2 rings (SSSR count). The van der Waals surface area contributed by atoms with Gasteiger partial charge in [0.2, 0.25) is 0 Å². The Kier molecular flexibility index (Phi) is 3.84. The Hall–Kier alpha value is -2.57. The summed E-state index contributed by atoms with van der Waals surface area (Å²) in [6, 6.07) is 5.94. The molecule has 0 bridgehead atoms. The summed E-state index contributed by atoms with van der Waals surface area (Å²) < 4.78 is 37.6. The number of nitrogens with two attached hydrogens (primary N) is 1. The number of hydrogen-bond donors (Lipinski definition) is 2. The van der Waals surface area contributed by atoms with E-state index in [1.165, 1.54) is 0 Å². The highest BCUT2D eigenvalue weighted by Gasteiger charge is 2.30. The predicted octanol–water partition coefficient (Wildman–Crippen LogP) is 3.24. The fourth-order valence-corrected chi connectivity index (χ4v) is 1.77. The Morgan fingerprint density at radius 3 is 2.57 bits per heavy atom. The highest BCUT2D eigenvalue weighted by atomic mass is 19.4. The van der Waals surface area contributed by atoms with Crippen molar-refractivity contribution in [3.05, 3.63) is 53.3 Å². The van der Waals surface area contributed by atoms with Crippen molar-refractivity contribution in [1.29, 1.82) is 0 Å². The van der Waals surface area contributed by atoms with Crippen molar-refractivity contribution in [1.82, 2.24) is 4.98 Å². The minimum atomic E-state index is -4.48. The molecule has 1 aromatic heterocycles. The van der Waals surface area contributed by atoms with Gasteiger partial charge in [0.25, 0.3) is 5.91 Å². The molecule has 0 aliphatic heterocycles. The molecular weight excluding hydrogens is 283 g/mol. The third-order valence-corrected chi connectivity index (χ3v) is 2.88. The second kappa shape index (κ2) is 5.43. The minimum absolute atomic E-state index is 0.122. The predicted molar refractivity (Wildman–Crippen MR) is 72.8 cm³/mol. The molecule has 0 saturated carbocycles. The number of anilines is 2. The number of pyridine rings is 1. The van der Waals surface area contributed by atoms with Crippen LogP contribution in [0.2, 0.25) is 0 Å². The average molecular weight is 295 g/mol. The number of aromatic nitrogens is 1. The van der Waals surface area contributed by atoms with Gasteiger partial charge in [-0.05, 0) is 37.3 Å². The van der Waals surface area contributed by atoms with E-state index in [1.807, 2.05) is 0 Å². The molecule has 4 nitrogen and oxygen atoms in total. The minimum Gasteiger partial charge on any atom is -0.397 e. The Bertz CT molecular complexity index is 683. The smallest absolute Gasteiger partial charge is 0.397 e. The van der Waals surface area contributed by atoms with Gasteiger partial charge in [0.05, 0.1) is 22.5 Å². The Morgan fingerprint density at radius 1 is 1.29 bits per heavy atom. The Morgan fingerprint density at radius 2 is 2.00 bits per heavy atom. The van der Waals surface area contributed by atoms with Crippen LogP contribution in [0.4, 0.5) is 24.5 Å². The van der Waals surface area contributed by atoms with Gasteiger partial charge >= 0.3 is 6.18 Å². The second-order valence-corrected chi connectivity index (χ2v) is 4.39. The number of halogens is 3. The van der Waals surface area contributed by atoms with Crippen molar-refractivity contribution in [3.63, 3.8) is 0 Å². The van der Waals surface area contributed by atoms with Gasteiger partial charge in [0, 0.05) is 11.9 Å². The van der Waals surface area contributed by atoms with Gasteiger partial charge in [-0.3, -0.25) is 9.78 Å². The zero-order valence-corrected chi connectivity index (χ0v) is 11.0. The van der Waals surface area contributed by atoms with Gasteiger partial charge < -0.3 is 11.1 Å². The van der Waals surface area contributed by atoms with Crippen LogP contribution < -0.4 is 11.1 Å². The zero-order valence-electron chi connectivity index (χ0n) is 11.0. The van der Waals surface area contributed by atoms with E-state index in [9.17, 15) is 18.0 Å². The number of nitrogens with one attached hydrogen (secondary N) is 1. The number of nitrogens with zero attached hydrogens (tertiary/aromatic N) is 1. The van der Waals surface area contributed by atoms with Crippen LogP contribution in [0.3, 0.4) is 0 Å². The number of rotatable bonds is 2. The molecule has 0 unspecified atom stereocenters. The molecular formula is C14H12F3N3O. The first kappa shape index (κ1) is 14.8. The molecule has 0 radical (unpaired) electrons. The van der Waals surface area contributed by atoms with Gasteiger partial charge in [-0.15, -0.1) is 0 Å². The summed E-state index contributed by atoms with van der Waals surface area (Å²) in [6.45, 7) is 1.66. The van der Waals surface area contributed by atoms with Crippen LogP contribution in [0.1, 0.15) is 21.6 Å². The summed E-state index contributed by atoms with van der Waals surface area (Å²) in [4.78, 5) is 16.0. The summed E-state index contributed by atoms with van der Waals surface area (Å²) in [5.74, 6) is -0.480. The summed E-state index contributed by atoms with van der Waals surface area (Å²) >= 11 is 0. The fraction of sp³-hybridized carbons (Fsp3) is 0.143. The van der Waals surface area contributed by atoms with E-state index >= 15 is 0 Å². The lowest BCUT2D eigenvalue weighted by Gasteiger charge is -2.12. The quantitative estimate of drug-likeness (QED) is 0.836. The van der Waals surface area contributed by atoms with E-state index < -0.39 is 17.6 Å². The highest BCUT2D eigenvalue weighted by Crippen LogP contribution is 2.32. The lowest BCUT2D eigenvalue weighted by molar-refractivity contribution is -0.137. The molecule has 0 fully saturated rings. The maximum Gasteiger partial charge on any atom is 0.416 e. The third kappa shape index (κ3) is 3.31. The molecule has 7 heteroatoms. The fourth-order valence-electron chi connectivity index (χ4n) is 1.77. The van der Waals surface area contributed by atoms with Crippen molar-refractivity contribution in [2.45, 2.75) is 13.1 Å². The van der Waals surface area contributed by atoms with Crippen molar-refractivity contribution in [3.8, 4) is 0 Å². The first-order valence-electron chi connectivity index (χ1n) is 5.98. The third-order valence-electron chi connectivity index (χ3n) is 2.88. The van der Waals surface area contributed by atoms with Gasteiger partial charge in [0.15, 0.2) is 0 Å². The van der Waals surface area contributed by atoms with Crippen molar-refractivity contribution in [2.75, 3.05) is 11.1 Å². The lowest BCUT2D eigenvalue weighted by Crippen LogP contribution is -2.15. The van der Waals surface area contributed by atoms with Crippen LogP contribution in [0, 0.1) is 6.92 Å². The van der Waals surface area contributed by atoms with Crippen LogP contribution >= 0.6 is 0 Å². The van der Waals surface area contributed by atoms with Crippen LogP contribution in [0.25, 0.3) is 0 Å².